The third-order valence-electron chi connectivity index (χ3n) is 3.96. The van der Waals surface area contributed by atoms with E-state index in [2.05, 4.69) is 14.7 Å². The first-order valence-corrected chi connectivity index (χ1v) is 10.0. The van der Waals surface area contributed by atoms with Gasteiger partial charge in [0.1, 0.15) is 17.0 Å². The Kier molecular flexibility index (Phi) is 6.89. The summed E-state index contributed by atoms with van der Waals surface area (Å²) in [4.78, 5) is 6.40. The molecule has 178 valence electrons. The molecule has 0 fully saturated rings. The van der Waals surface area contributed by atoms with E-state index in [1.807, 2.05) is 0 Å². The molecule has 0 spiro atoms. The lowest BCUT2D eigenvalue weighted by Gasteiger charge is -2.19. The van der Waals surface area contributed by atoms with E-state index in [4.69, 9.17) is 5.84 Å². The number of nitrogens with one attached hydrogen (secondary N) is 1. The van der Waals surface area contributed by atoms with Gasteiger partial charge in [-0.25, -0.2) is 19.2 Å². The number of hydrogen-bond donors (Lipinski definition) is 2. The van der Waals surface area contributed by atoms with Gasteiger partial charge in [0.2, 0.25) is 0 Å². The van der Waals surface area contributed by atoms with E-state index in [1.54, 1.807) is 5.43 Å². The van der Waals surface area contributed by atoms with Crippen molar-refractivity contribution in [1.82, 2.24) is 9.97 Å². The minimum atomic E-state index is -5.85. The quantitative estimate of drug-likeness (QED) is 0.342. The molecule has 0 saturated carbocycles. The normalized spacial score (nSPS) is 13.2. The number of halogens is 8. The van der Waals surface area contributed by atoms with Crippen molar-refractivity contribution >= 4 is 15.7 Å². The van der Waals surface area contributed by atoms with Gasteiger partial charge in [-0.2, -0.15) is 35.1 Å². The number of nitrogens with zero attached hydrogens (tertiary/aromatic N) is 2. The summed E-state index contributed by atoms with van der Waals surface area (Å²) in [6, 6.07) is 2.10. The van der Waals surface area contributed by atoms with Crippen LogP contribution in [0.1, 0.15) is 12.5 Å². The van der Waals surface area contributed by atoms with Crippen molar-refractivity contribution in [3.8, 4) is 17.1 Å². The molecule has 2 aromatic rings. The van der Waals surface area contributed by atoms with Gasteiger partial charge in [0.25, 0.3) is 0 Å². The second kappa shape index (κ2) is 8.65. The molecule has 0 atom stereocenters. The average molecular weight is 494 g/mol. The molecule has 0 aliphatic carbocycles. The van der Waals surface area contributed by atoms with Gasteiger partial charge < -0.3 is 10.2 Å². The van der Waals surface area contributed by atoms with Gasteiger partial charge in [0, 0.05) is 0 Å². The maximum atomic E-state index is 13.3. The highest BCUT2D eigenvalue weighted by atomic mass is 32.2. The first-order chi connectivity index (χ1) is 14.5. The van der Waals surface area contributed by atoms with Gasteiger partial charge in [0.05, 0.1) is 22.5 Å². The Morgan fingerprint density at radius 1 is 1.09 bits per heavy atom. The number of hydrazine groups is 1. The predicted octanol–water partition coefficient (Wildman–Crippen LogP) is 3.82. The van der Waals surface area contributed by atoms with Gasteiger partial charge in [-0.05, 0) is 18.2 Å². The number of anilines is 1. The molecule has 0 aliphatic heterocycles. The largest absolute Gasteiger partial charge is 0.485 e. The maximum Gasteiger partial charge on any atom is 0.456 e. The highest BCUT2D eigenvalue weighted by Crippen LogP contribution is 2.39. The summed E-state index contributed by atoms with van der Waals surface area (Å²) in [5.74, 6) is -2.14. The van der Waals surface area contributed by atoms with Crippen molar-refractivity contribution in [3.05, 3.63) is 30.0 Å². The number of hydrogen-bond acceptors (Lipinski definition) is 7. The van der Waals surface area contributed by atoms with Crippen molar-refractivity contribution in [2.45, 2.75) is 30.1 Å². The number of alkyl halides is 8. The van der Waals surface area contributed by atoms with Crippen LogP contribution in [-0.2, 0) is 16.0 Å². The van der Waals surface area contributed by atoms with E-state index in [9.17, 15) is 43.5 Å². The third kappa shape index (κ3) is 5.35. The lowest BCUT2D eigenvalue weighted by Crippen LogP contribution is -2.41. The van der Waals surface area contributed by atoms with Crippen LogP contribution in [0.2, 0.25) is 0 Å². The van der Waals surface area contributed by atoms with E-state index < -0.39 is 68.2 Å². The molecule has 0 radical (unpaired) electrons. The Labute approximate surface area is 175 Å². The van der Waals surface area contributed by atoms with Crippen LogP contribution in [0.5, 0.6) is 5.75 Å². The fourth-order valence-corrected chi connectivity index (χ4v) is 3.31. The zero-order valence-corrected chi connectivity index (χ0v) is 16.7. The van der Waals surface area contributed by atoms with Crippen LogP contribution in [-0.4, -0.2) is 42.8 Å². The average Bonchev–Trinajstić information content (AvgIpc) is 2.70. The summed E-state index contributed by atoms with van der Waals surface area (Å²) in [6.45, 7) is -0.876. The van der Waals surface area contributed by atoms with E-state index >= 15 is 0 Å². The van der Waals surface area contributed by atoms with E-state index in [-0.39, 0.29) is 5.69 Å². The molecule has 32 heavy (non-hydrogen) atoms. The Morgan fingerprint density at radius 2 is 1.72 bits per heavy atom. The number of ether oxygens (including phenoxy) is 1. The van der Waals surface area contributed by atoms with Crippen molar-refractivity contribution in [1.29, 1.82) is 0 Å². The molecule has 2 aromatic heterocycles. The van der Waals surface area contributed by atoms with E-state index in [0.29, 0.717) is 12.3 Å². The number of sulfone groups is 1. The summed E-state index contributed by atoms with van der Waals surface area (Å²) >= 11 is 0. The molecule has 0 saturated heterocycles. The van der Waals surface area contributed by atoms with Gasteiger partial charge in [-0.15, -0.1) is 0 Å². The predicted molar refractivity (Wildman–Crippen MR) is 94.5 cm³/mol. The standard InChI is InChI=1S/C16H14F8N4O3S/c1-2-32(29,30)11-5-9(15(19,20)21)13(28-25)27-12(11)10-4-3-8(6-26-10)31-7-14(17,18)16(22,23)24/h3-6H,2,7,25H2,1H3,(H,27,28). The highest BCUT2D eigenvalue weighted by molar-refractivity contribution is 7.91. The van der Waals surface area contributed by atoms with Crippen LogP contribution in [0.25, 0.3) is 11.4 Å². The van der Waals surface area contributed by atoms with Crippen molar-refractivity contribution in [2.24, 2.45) is 5.84 Å². The molecule has 16 heteroatoms. The van der Waals surface area contributed by atoms with Gasteiger partial charge >= 0.3 is 18.3 Å². The minimum Gasteiger partial charge on any atom is -0.485 e. The lowest BCUT2D eigenvalue weighted by atomic mass is 10.2. The summed E-state index contributed by atoms with van der Waals surface area (Å²) in [5, 5.41) is 0. The highest BCUT2D eigenvalue weighted by Gasteiger charge is 2.58. The first kappa shape index (κ1) is 25.5. The zero-order valence-electron chi connectivity index (χ0n) is 15.9. The second-order valence-electron chi connectivity index (χ2n) is 6.15. The van der Waals surface area contributed by atoms with Gasteiger partial charge in [0.15, 0.2) is 22.3 Å². The number of nitrogens with two attached hydrogens (primary N) is 1. The Balaban J connectivity index is 2.51. The smallest absolute Gasteiger partial charge is 0.456 e. The molecule has 2 heterocycles. The number of pyridine rings is 2. The van der Waals surface area contributed by atoms with Crippen molar-refractivity contribution < 1.29 is 48.3 Å². The van der Waals surface area contributed by atoms with Gasteiger partial charge in [-0.3, -0.25) is 4.98 Å². The lowest BCUT2D eigenvalue weighted by molar-refractivity contribution is -0.290. The van der Waals surface area contributed by atoms with E-state index in [1.165, 1.54) is 6.92 Å². The van der Waals surface area contributed by atoms with Crippen LogP contribution in [0.3, 0.4) is 0 Å². The summed E-state index contributed by atoms with van der Waals surface area (Å²) in [5.41, 5.74) is -0.656. The zero-order chi connectivity index (χ0) is 24.5. The van der Waals surface area contributed by atoms with Crippen LogP contribution in [0.15, 0.2) is 29.3 Å². The van der Waals surface area contributed by atoms with Crippen LogP contribution < -0.4 is 16.0 Å². The molecule has 0 amide bonds. The van der Waals surface area contributed by atoms with Crippen LogP contribution in [0, 0.1) is 0 Å². The Morgan fingerprint density at radius 3 is 2.16 bits per heavy atom. The molecular formula is C16H14F8N4O3S. The third-order valence-corrected chi connectivity index (χ3v) is 5.70. The number of rotatable bonds is 7. The van der Waals surface area contributed by atoms with Crippen LogP contribution in [0.4, 0.5) is 40.9 Å². The van der Waals surface area contributed by atoms with Crippen molar-refractivity contribution in [3.63, 3.8) is 0 Å². The molecule has 0 aromatic carbocycles. The topological polar surface area (TPSA) is 107 Å². The molecule has 7 nitrogen and oxygen atoms in total. The monoisotopic (exact) mass is 494 g/mol. The summed E-state index contributed by atoms with van der Waals surface area (Å²) in [6.07, 6.45) is -10.2. The Bertz CT molecular complexity index is 1070. The summed E-state index contributed by atoms with van der Waals surface area (Å²) in [7, 11) is -4.27. The molecule has 0 unspecified atom stereocenters. The van der Waals surface area contributed by atoms with Crippen molar-refractivity contribution in [2.75, 3.05) is 17.8 Å². The first-order valence-electron chi connectivity index (χ1n) is 8.39. The molecule has 3 N–H and O–H groups in total. The second-order valence-corrected chi connectivity index (χ2v) is 8.39. The molecular weight excluding hydrogens is 480 g/mol. The minimum absolute atomic E-state index is 0.312. The van der Waals surface area contributed by atoms with E-state index in [0.717, 1.165) is 12.1 Å². The molecule has 0 aliphatic rings. The SMILES string of the molecule is CCS(=O)(=O)c1cc(C(F)(F)F)c(NN)nc1-c1ccc(OCC(F)(F)C(F)(F)F)cn1. The number of nitrogen functional groups attached to an aromatic ring is 1. The molecule has 2 rings (SSSR count). The summed E-state index contributed by atoms with van der Waals surface area (Å²) < 4.78 is 131. The Hall–Kier alpha value is -2.75. The molecule has 0 bridgehead atoms. The fourth-order valence-electron chi connectivity index (χ4n) is 2.26. The maximum absolute atomic E-state index is 13.3. The fraction of sp³-hybridized carbons (Fsp3) is 0.375. The number of aromatic nitrogens is 2. The van der Waals surface area contributed by atoms with Crippen LogP contribution >= 0.6 is 0 Å². The van der Waals surface area contributed by atoms with Gasteiger partial charge in [-0.1, -0.05) is 6.92 Å².